The quantitative estimate of drug-likeness (QED) is 0.578. The first kappa shape index (κ1) is 22.7. The van der Waals surface area contributed by atoms with Crippen molar-refractivity contribution in [2.45, 2.75) is 26.2 Å². The lowest BCUT2D eigenvalue weighted by Crippen LogP contribution is -2.21. The zero-order valence-corrected chi connectivity index (χ0v) is 17.3. The van der Waals surface area contributed by atoms with Gasteiger partial charge in [-0.25, -0.2) is 0 Å². The summed E-state index contributed by atoms with van der Waals surface area (Å²) in [6.45, 7) is 1.47. The Hall–Kier alpha value is -3.55. The molecular weight excluding hydrogens is 388 g/mol. The van der Waals surface area contributed by atoms with Gasteiger partial charge < -0.3 is 24.8 Å². The number of hydrogen-bond donors (Lipinski definition) is 2. The summed E-state index contributed by atoms with van der Waals surface area (Å²) in [5, 5.41) is 5.42. The highest BCUT2D eigenvalue weighted by Crippen LogP contribution is 2.28. The van der Waals surface area contributed by atoms with Gasteiger partial charge in [0.05, 0.1) is 19.9 Å². The smallest absolute Gasteiger partial charge is 0.306 e. The van der Waals surface area contributed by atoms with Crippen LogP contribution in [0.5, 0.6) is 11.5 Å². The van der Waals surface area contributed by atoms with Gasteiger partial charge in [-0.2, -0.15) is 0 Å². The van der Waals surface area contributed by atoms with Crippen LogP contribution in [-0.4, -0.2) is 38.6 Å². The van der Waals surface area contributed by atoms with E-state index in [0.29, 0.717) is 23.6 Å². The highest BCUT2D eigenvalue weighted by atomic mass is 16.5. The molecule has 0 aliphatic rings. The average molecular weight is 414 g/mol. The van der Waals surface area contributed by atoms with Gasteiger partial charge in [0, 0.05) is 24.6 Å². The lowest BCUT2D eigenvalue weighted by Gasteiger charge is -2.12. The molecule has 0 heterocycles. The monoisotopic (exact) mass is 414 g/mol. The fourth-order valence-electron chi connectivity index (χ4n) is 2.64. The molecule has 2 amide bonds. The maximum Gasteiger partial charge on any atom is 0.306 e. The zero-order chi connectivity index (χ0) is 21.9. The summed E-state index contributed by atoms with van der Waals surface area (Å²) in [7, 11) is 2.99. The lowest BCUT2D eigenvalue weighted by atomic mass is 10.2. The molecule has 0 unspecified atom stereocenters. The fraction of sp³-hybridized carbons (Fsp3) is 0.318. The van der Waals surface area contributed by atoms with Crippen LogP contribution in [0.2, 0.25) is 0 Å². The SMILES string of the molecule is COc1ccc(OC)c(NC(=O)COC(=O)CCCC(=O)Nc2ccccc2C)c1. The van der Waals surface area contributed by atoms with Gasteiger partial charge in [0.15, 0.2) is 6.61 Å². The third-order valence-electron chi connectivity index (χ3n) is 4.25. The zero-order valence-electron chi connectivity index (χ0n) is 17.3. The van der Waals surface area contributed by atoms with Gasteiger partial charge in [0.2, 0.25) is 5.91 Å². The van der Waals surface area contributed by atoms with Crippen LogP contribution in [0.3, 0.4) is 0 Å². The normalized spacial score (nSPS) is 10.1. The maximum atomic E-state index is 12.1. The van der Waals surface area contributed by atoms with Crippen molar-refractivity contribution >= 4 is 29.2 Å². The number of methoxy groups -OCH3 is 2. The number of nitrogens with one attached hydrogen (secondary N) is 2. The van der Waals surface area contributed by atoms with E-state index in [-0.39, 0.29) is 18.7 Å². The molecule has 8 heteroatoms. The average Bonchev–Trinajstić information content (AvgIpc) is 2.74. The number of para-hydroxylation sites is 1. The van der Waals surface area contributed by atoms with Crippen molar-refractivity contribution < 1.29 is 28.6 Å². The molecule has 2 aromatic carbocycles. The Bertz CT molecular complexity index is 897. The van der Waals surface area contributed by atoms with E-state index in [1.54, 1.807) is 18.2 Å². The molecule has 30 heavy (non-hydrogen) atoms. The minimum Gasteiger partial charge on any atom is -0.497 e. The van der Waals surface area contributed by atoms with Gasteiger partial charge in [-0.3, -0.25) is 14.4 Å². The van der Waals surface area contributed by atoms with Crippen molar-refractivity contribution in [3.05, 3.63) is 48.0 Å². The molecule has 8 nitrogen and oxygen atoms in total. The number of carbonyl (C=O) groups is 3. The molecule has 0 aliphatic heterocycles. The van der Waals surface area contributed by atoms with Gasteiger partial charge in [0.25, 0.3) is 5.91 Å². The summed E-state index contributed by atoms with van der Waals surface area (Å²) < 4.78 is 15.3. The highest BCUT2D eigenvalue weighted by molar-refractivity contribution is 5.94. The first-order valence-electron chi connectivity index (χ1n) is 9.46. The second-order valence-corrected chi connectivity index (χ2v) is 6.49. The second-order valence-electron chi connectivity index (χ2n) is 6.49. The van der Waals surface area contributed by atoms with E-state index in [0.717, 1.165) is 11.3 Å². The van der Waals surface area contributed by atoms with E-state index in [1.807, 2.05) is 31.2 Å². The third kappa shape index (κ3) is 7.12. The van der Waals surface area contributed by atoms with Crippen LogP contribution < -0.4 is 20.1 Å². The number of esters is 1. The number of carbonyl (C=O) groups excluding carboxylic acids is 3. The lowest BCUT2D eigenvalue weighted by molar-refractivity contribution is -0.147. The minimum absolute atomic E-state index is 0.0386. The van der Waals surface area contributed by atoms with E-state index in [2.05, 4.69) is 10.6 Å². The summed E-state index contributed by atoms with van der Waals surface area (Å²) in [5.74, 6) is -0.235. The van der Waals surface area contributed by atoms with Crippen molar-refractivity contribution in [3.63, 3.8) is 0 Å². The predicted molar refractivity (Wildman–Crippen MR) is 113 cm³/mol. The Labute approximate surface area is 175 Å². The molecular formula is C22H26N2O6. The summed E-state index contributed by atoms with van der Waals surface area (Å²) >= 11 is 0. The Kier molecular flexibility index (Phi) is 8.68. The Morgan fingerprint density at radius 2 is 1.60 bits per heavy atom. The predicted octanol–water partition coefficient (Wildman–Crippen LogP) is 3.30. The van der Waals surface area contributed by atoms with Crippen LogP contribution in [0.15, 0.2) is 42.5 Å². The van der Waals surface area contributed by atoms with Crippen LogP contribution in [0.25, 0.3) is 0 Å². The molecule has 0 saturated heterocycles. The molecule has 0 atom stereocenters. The van der Waals surface area contributed by atoms with Crippen molar-refractivity contribution in [2.24, 2.45) is 0 Å². The summed E-state index contributed by atoms with van der Waals surface area (Å²) in [4.78, 5) is 35.9. The Balaban J connectivity index is 1.71. The van der Waals surface area contributed by atoms with E-state index in [1.165, 1.54) is 14.2 Å². The number of anilines is 2. The minimum atomic E-state index is -0.550. The van der Waals surface area contributed by atoms with E-state index in [9.17, 15) is 14.4 Å². The number of aryl methyl sites for hydroxylation is 1. The first-order chi connectivity index (χ1) is 14.4. The molecule has 0 spiro atoms. The van der Waals surface area contributed by atoms with Crippen LogP contribution in [0, 0.1) is 6.92 Å². The van der Waals surface area contributed by atoms with Gasteiger partial charge in [0.1, 0.15) is 11.5 Å². The number of benzene rings is 2. The second kappa shape index (κ2) is 11.5. The van der Waals surface area contributed by atoms with Crippen LogP contribution >= 0.6 is 0 Å². The molecule has 2 aromatic rings. The number of rotatable bonds is 10. The fourth-order valence-corrected chi connectivity index (χ4v) is 2.64. The third-order valence-corrected chi connectivity index (χ3v) is 4.25. The molecule has 0 aliphatic carbocycles. The van der Waals surface area contributed by atoms with E-state index in [4.69, 9.17) is 14.2 Å². The van der Waals surface area contributed by atoms with Crippen LogP contribution in [-0.2, 0) is 19.1 Å². The topological polar surface area (TPSA) is 103 Å². The summed E-state index contributed by atoms with van der Waals surface area (Å²) in [5.41, 5.74) is 2.12. The molecule has 0 bridgehead atoms. The van der Waals surface area contributed by atoms with Crippen molar-refractivity contribution in [2.75, 3.05) is 31.5 Å². The van der Waals surface area contributed by atoms with Crippen molar-refractivity contribution in [1.29, 1.82) is 0 Å². The van der Waals surface area contributed by atoms with Gasteiger partial charge in [-0.1, -0.05) is 18.2 Å². The van der Waals surface area contributed by atoms with Crippen LogP contribution in [0.1, 0.15) is 24.8 Å². The van der Waals surface area contributed by atoms with E-state index >= 15 is 0 Å². The first-order valence-corrected chi connectivity index (χ1v) is 9.46. The molecule has 2 N–H and O–H groups in total. The maximum absolute atomic E-state index is 12.1. The molecule has 160 valence electrons. The van der Waals surface area contributed by atoms with Crippen molar-refractivity contribution in [1.82, 2.24) is 0 Å². The van der Waals surface area contributed by atoms with E-state index < -0.39 is 18.5 Å². The summed E-state index contributed by atoms with van der Waals surface area (Å²) in [6.07, 6.45) is 0.537. The largest absolute Gasteiger partial charge is 0.497 e. The Morgan fingerprint density at radius 1 is 0.867 bits per heavy atom. The Morgan fingerprint density at radius 3 is 2.30 bits per heavy atom. The number of ether oxygens (including phenoxy) is 3. The molecule has 0 fully saturated rings. The van der Waals surface area contributed by atoms with Gasteiger partial charge in [-0.15, -0.1) is 0 Å². The molecule has 0 radical (unpaired) electrons. The number of amides is 2. The van der Waals surface area contributed by atoms with Gasteiger partial charge >= 0.3 is 5.97 Å². The van der Waals surface area contributed by atoms with Gasteiger partial charge in [-0.05, 0) is 37.1 Å². The van der Waals surface area contributed by atoms with Crippen molar-refractivity contribution in [3.8, 4) is 11.5 Å². The summed E-state index contributed by atoms with van der Waals surface area (Å²) in [6, 6.07) is 12.4. The standard InChI is InChI=1S/C22H26N2O6/c1-15-7-4-5-8-17(15)23-20(25)9-6-10-22(27)30-14-21(26)24-18-13-16(28-2)11-12-19(18)29-3/h4-5,7-8,11-13H,6,9-10,14H2,1-3H3,(H,23,25)(H,24,26). The number of hydrogen-bond acceptors (Lipinski definition) is 6. The molecule has 2 rings (SSSR count). The van der Waals surface area contributed by atoms with Crippen LogP contribution in [0.4, 0.5) is 11.4 Å². The molecule has 0 saturated carbocycles. The highest BCUT2D eigenvalue weighted by Gasteiger charge is 2.12. The molecule has 0 aromatic heterocycles.